The highest BCUT2D eigenvalue weighted by Crippen LogP contribution is 2.30. The molecule has 2 amide bonds. The summed E-state index contributed by atoms with van der Waals surface area (Å²) in [5, 5.41) is 7.82. The van der Waals surface area contributed by atoms with Gasteiger partial charge >= 0.3 is 0 Å². The SMILES string of the molecule is CC(=O)Nc1ccccc1NC(=O)c1ccc(S(=O)(=O)C2CCc3ccccc3N2)cc1. The zero-order valence-electron chi connectivity index (χ0n) is 17.5. The highest BCUT2D eigenvalue weighted by molar-refractivity contribution is 7.92. The fourth-order valence-electron chi connectivity index (χ4n) is 3.69. The highest BCUT2D eigenvalue weighted by atomic mass is 32.2. The molecule has 0 saturated carbocycles. The summed E-state index contributed by atoms with van der Waals surface area (Å²) < 4.78 is 26.2. The topological polar surface area (TPSA) is 104 Å². The van der Waals surface area contributed by atoms with Gasteiger partial charge in [-0.2, -0.15) is 0 Å². The van der Waals surface area contributed by atoms with Gasteiger partial charge in [-0.25, -0.2) is 8.42 Å². The summed E-state index contributed by atoms with van der Waals surface area (Å²) in [6, 6.07) is 20.4. The molecule has 164 valence electrons. The lowest BCUT2D eigenvalue weighted by atomic mass is 10.0. The molecule has 1 unspecified atom stereocenters. The molecule has 0 saturated heterocycles. The van der Waals surface area contributed by atoms with Crippen molar-refractivity contribution in [1.29, 1.82) is 0 Å². The summed E-state index contributed by atoms with van der Waals surface area (Å²) in [6.07, 6.45) is 1.16. The second-order valence-electron chi connectivity index (χ2n) is 7.58. The fraction of sp³-hybridized carbons (Fsp3) is 0.167. The van der Waals surface area contributed by atoms with Crippen molar-refractivity contribution in [2.45, 2.75) is 30.0 Å². The van der Waals surface area contributed by atoms with Crippen LogP contribution in [0.15, 0.2) is 77.7 Å². The third-order valence-corrected chi connectivity index (χ3v) is 7.35. The normalized spacial score (nSPS) is 15.2. The van der Waals surface area contributed by atoms with E-state index in [2.05, 4.69) is 16.0 Å². The van der Waals surface area contributed by atoms with Crippen LogP contribution in [0.4, 0.5) is 17.1 Å². The van der Waals surface area contributed by atoms with Gasteiger partial charge in [0.1, 0.15) is 5.37 Å². The Morgan fingerprint density at radius 3 is 2.19 bits per heavy atom. The Balaban J connectivity index is 1.50. The number of rotatable bonds is 5. The number of para-hydroxylation sites is 3. The number of benzene rings is 3. The molecule has 3 N–H and O–H groups in total. The number of hydrogen-bond donors (Lipinski definition) is 3. The van der Waals surface area contributed by atoms with E-state index in [9.17, 15) is 18.0 Å². The minimum absolute atomic E-state index is 0.157. The molecule has 3 aromatic rings. The Labute approximate surface area is 186 Å². The molecule has 1 heterocycles. The van der Waals surface area contributed by atoms with Gasteiger partial charge in [0.15, 0.2) is 9.84 Å². The van der Waals surface area contributed by atoms with E-state index in [4.69, 9.17) is 0 Å². The second-order valence-corrected chi connectivity index (χ2v) is 9.71. The summed E-state index contributed by atoms with van der Waals surface area (Å²) in [4.78, 5) is 24.2. The molecule has 0 fully saturated rings. The van der Waals surface area contributed by atoms with Crippen LogP contribution in [0, 0.1) is 0 Å². The summed E-state index contributed by atoms with van der Waals surface area (Å²) in [5.41, 5.74) is 3.18. The molecule has 4 rings (SSSR count). The molecule has 0 bridgehead atoms. The van der Waals surface area contributed by atoms with Crippen molar-refractivity contribution in [2.24, 2.45) is 0 Å². The number of hydrogen-bond acceptors (Lipinski definition) is 5. The summed E-state index contributed by atoms with van der Waals surface area (Å²) >= 11 is 0. The van der Waals surface area contributed by atoms with Crippen molar-refractivity contribution < 1.29 is 18.0 Å². The molecule has 8 heteroatoms. The summed E-state index contributed by atoms with van der Waals surface area (Å²) in [7, 11) is -3.62. The van der Waals surface area contributed by atoms with Crippen LogP contribution in [0.2, 0.25) is 0 Å². The molecule has 1 aliphatic rings. The Morgan fingerprint density at radius 2 is 1.50 bits per heavy atom. The average Bonchev–Trinajstić information content (AvgIpc) is 2.79. The molecule has 1 aliphatic heterocycles. The van der Waals surface area contributed by atoms with Gasteiger partial charge in [-0.05, 0) is 60.9 Å². The monoisotopic (exact) mass is 449 g/mol. The molecule has 7 nitrogen and oxygen atoms in total. The quantitative estimate of drug-likeness (QED) is 0.545. The van der Waals surface area contributed by atoms with Gasteiger partial charge in [0.25, 0.3) is 5.91 Å². The second kappa shape index (κ2) is 8.84. The van der Waals surface area contributed by atoms with E-state index in [0.717, 1.165) is 11.3 Å². The minimum atomic E-state index is -3.62. The van der Waals surface area contributed by atoms with Crippen LogP contribution in [0.5, 0.6) is 0 Å². The van der Waals surface area contributed by atoms with Crippen molar-refractivity contribution in [3.8, 4) is 0 Å². The van der Waals surface area contributed by atoms with Crippen molar-refractivity contribution in [3.63, 3.8) is 0 Å². The van der Waals surface area contributed by atoms with E-state index in [0.29, 0.717) is 29.8 Å². The lowest BCUT2D eigenvalue weighted by Crippen LogP contribution is -2.33. The number of sulfone groups is 1. The Kier molecular flexibility index (Phi) is 5.96. The van der Waals surface area contributed by atoms with Crippen LogP contribution in [0.3, 0.4) is 0 Å². The smallest absolute Gasteiger partial charge is 0.255 e. The van der Waals surface area contributed by atoms with E-state index in [1.54, 1.807) is 24.3 Å². The number of carbonyl (C=O) groups excluding carboxylic acids is 2. The van der Waals surface area contributed by atoms with Gasteiger partial charge < -0.3 is 16.0 Å². The number of fused-ring (bicyclic) bond motifs is 1. The molecule has 3 aromatic carbocycles. The molecule has 32 heavy (non-hydrogen) atoms. The van der Waals surface area contributed by atoms with Crippen LogP contribution in [0.1, 0.15) is 29.3 Å². The Hall–Kier alpha value is -3.65. The van der Waals surface area contributed by atoms with Crippen LogP contribution < -0.4 is 16.0 Å². The maximum absolute atomic E-state index is 13.1. The van der Waals surface area contributed by atoms with Crippen LogP contribution >= 0.6 is 0 Å². The van der Waals surface area contributed by atoms with Crippen molar-refractivity contribution in [1.82, 2.24) is 0 Å². The maximum atomic E-state index is 13.1. The highest BCUT2D eigenvalue weighted by Gasteiger charge is 2.30. The zero-order valence-corrected chi connectivity index (χ0v) is 18.3. The first kappa shape index (κ1) is 21.6. The standard InChI is InChI=1S/C24H23N3O4S/c1-16(28)25-21-8-4-5-9-22(21)27-24(29)18-10-13-19(14-11-18)32(30,31)23-15-12-17-6-2-3-7-20(17)26-23/h2-11,13-14,23,26H,12,15H2,1H3,(H,25,28)(H,27,29). The third-order valence-electron chi connectivity index (χ3n) is 5.32. The molecule has 1 atom stereocenters. The first-order chi connectivity index (χ1) is 15.3. The predicted molar refractivity (Wildman–Crippen MR) is 125 cm³/mol. The fourth-order valence-corrected chi connectivity index (χ4v) is 5.24. The van der Waals surface area contributed by atoms with Crippen LogP contribution in [0.25, 0.3) is 0 Å². The van der Waals surface area contributed by atoms with Gasteiger partial charge in [-0.3, -0.25) is 9.59 Å². The molecule has 0 aliphatic carbocycles. The largest absolute Gasteiger partial charge is 0.369 e. The molecule has 0 spiro atoms. The average molecular weight is 450 g/mol. The first-order valence-electron chi connectivity index (χ1n) is 10.2. The number of carbonyl (C=O) groups is 2. The number of amides is 2. The first-order valence-corrected chi connectivity index (χ1v) is 11.8. The van der Waals surface area contributed by atoms with Crippen LogP contribution in [-0.2, 0) is 21.1 Å². The number of anilines is 3. The van der Waals surface area contributed by atoms with Gasteiger partial charge in [-0.1, -0.05) is 30.3 Å². The predicted octanol–water partition coefficient (Wildman–Crippen LogP) is 4.06. The van der Waals surface area contributed by atoms with Crippen molar-refractivity contribution in [2.75, 3.05) is 16.0 Å². The Morgan fingerprint density at radius 1 is 0.875 bits per heavy atom. The van der Waals surface area contributed by atoms with Crippen molar-refractivity contribution in [3.05, 3.63) is 83.9 Å². The van der Waals surface area contributed by atoms with E-state index < -0.39 is 21.1 Å². The van der Waals surface area contributed by atoms with Crippen LogP contribution in [-0.4, -0.2) is 25.6 Å². The van der Waals surface area contributed by atoms with Gasteiger partial charge in [0, 0.05) is 18.2 Å². The van der Waals surface area contributed by atoms with E-state index in [1.165, 1.54) is 31.2 Å². The van der Waals surface area contributed by atoms with Crippen molar-refractivity contribution >= 4 is 38.7 Å². The molecule has 0 radical (unpaired) electrons. The summed E-state index contributed by atoms with van der Waals surface area (Å²) in [5.74, 6) is -0.656. The lowest BCUT2D eigenvalue weighted by Gasteiger charge is -2.26. The number of nitrogens with one attached hydrogen (secondary N) is 3. The Bertz CT molecular complexity index is 1270. The maximum Gasteiger partial charge on any atom is 0.255 e. The third kappa shape index (κ3) is 4.50. The van der Waals surface area contributed by atoms with Gasteiger partial charge in [-0.15, -0.1) is 0 Å². The van der Waals surface area contributed by atoms with Gasteiger partial charge in [0.2, 0.25) is 5.91 Å². The summed E-state index contributed by atoms with van der Waals surface area (Å²) in [6.45, 7) is 1.39. The van der Waals surface area contributed by atoms with E-state index >= 15 is 0 Å². The van der Waals surface area contributed by atoms with E-state index in [1.807, 2.05) is 24.3 Å². The number of aryl methyl sites for hydroxylation is 1. The molecule has 0 aromatic heterocycles. The minimum Gasteiger partial charge on any atom is -0.369 e. The molecular weight excluding hydrogens is 426 g/mol. The lowest BCUT2D eigenvalue weighted by molar-refractivity contribution is -0.114. The molecular formula is C24H23N3O4S. The van der Waals surface area contributed by atoms with Gasteiger partial charge in [0.05, 0.1) is 16.3 Å². The van der Waals surface area contributed by atoms with E-state index in [-0.39, 0.29) is 10.8 Å². The zero-order chi connectivity index (χ0) is 22.7.